The van der Waals surface area contributed by atoms with E-state index in [2.05, 4.69) is 5.32 Å². The maximum Gasteiger partial charge on any atom is 0.0758 e. The highest BCUT2D eigenvalue weighted by Gasteiger charge is 2.02. The van der Waals surface area contributed by atoms with Crippen LogP contribution in [0.5, 0.6) is 0 Å². The molecule has 1 aromatic carbocycles. The molecule has 0 aliphatic heterocycles. The van der Waals surface area contributed by atoms with Crippen LogP contribution in [0.3, 0.4) is 0 Å². The van der Waals surface area contributed by atoms with E-state index in [1.807, 2.05) is 38.3 Å². The number of hydrogen-bond acceptors (Lipinski definition) is 1. The minimum absolute atomic E-state index is 0.618. The van der Waals surface area contributed by atoms with Gasteiger partial charge < -0.3 is 5.32 Å². The Morgan fingerprint density at radius 3 is 2.40 bits per heavy atom. The standard InChI is InChI=1S/C12H13Cl2N/c1-3-5-9(2)8-15-12-10(13)6-4-7-11(12)14/h3-8,15H,1-2H3/b5-3+,9-8-. The molecule has 0 spiro atoms. The fraction of sp³-hybridized carbons (Fsp3) is 0.167. The lowest BCUT2D eigenvalue weighted by molar-refractivity contribution is 1.45. The quantitative estimate of drug-likeness (QED) is 0.744. The van der Waals surface area contributed by atoms with Gasteiger partial charge in [-0.15, -0.1) is 0 Å². The number of rotatable bonds is 3. The molecule has 3 heteroatoms. The first-order valence-electron chi connectivity index (χ1n) is 4.65. The Bertz CT molecular complexity index is 374. The summed E-state index contributed by atoms with van der Waals surface area (Å²) >= 11 is 12.0. The third-order valence-corrected chi connectivity index (χ3v) is 2.47. The molecule has 0 atom stereocenters. The zero-order valence-electron chi connectivity index (χ0n) is 8.72. The molecule has 80 valence electrons. The van der Waals surface area contributed by atoms with E-state index in [0.29, 0.717) is 10.0 Å². The van der Waals surface area contributed by atoms with E-state index in [0.717, 1.165) is 11.3 Å². The van der Waals surface area contributed by atoms with Crippen molar-refractivity contribution in [2.45, 2.75) is 13.8 Å². The zero-order chi connectivity index (χ0) is 11.3. The number of anilines is 1. The topological polar surface area (TPSA) is 12.0 Å². The maximum atomic E-state index is 6.00. The Morgan fingerprint density at radius 2 is 1.87 bits per heavy atom. The first kappa shape index (κ1) is 12.2. The molecule has 0 amide bonds. The summed E-state index contributed by atoms with van der Waals surface area (Å²) in [7, 11) is 0. The first-order chi connectivity index (χ1) is 7.15. The lowest BCUT2D eigenvalue weighted by Crippen LogP contribution is -1.91. The van der Waals surface area contributed by atoms with Crippen LogP contribution < -0.4 is 5.32 Å². The SMILES string of the molecule is C/C=C/C(C)=C\Nc1c(Cl)cccc1Cl. The van der Waals surface area contributed by atoms with Crippen LogP contribution in [0.25, 0.3) is 0 Å². The Morgan fingerprint density at radius 1 is 1.27 bits per heavy atom. The normalized spacial score (nSPS) is 12.1. The first-order valence-corrected chi connectivity index (χ1v) is 5.40. The predicted octanol–water partition coefficient (Wildman–Crippen LogP) is 4.89. The average molecular weight is 242 g/mol. The van der Waals surface area contributed by atoms with Crippen molar-refractivity contribution >= 4 is 28.9 Å². The van der Waals surface area contributed by atoms with Gasteiger partial charge in [0.2, 0.25) is 0 Å². The second-order valence-electron chi connectivity index (χ2n) is 3.13. The van der Waals surface area contributed by atoms with Crippen molar-refractivity contribution in [3.63, 3.8) is 0 Å². The van der Waals surface area contributed by atoms with Crippen LogP contribution in [0.2, 0.25) is 10.0 Å². The molecule has 1 N–H and O–H groups in total. The van der Waals surface area contributed by atoms with Gasteiger partial charge in [-0.2, -0.15) is 0 Å². The molecule has 0 heterocycles. The Labute approximate surface area is 100 Å². The summed E-state index contributed by atoms with van der Waals surface area (Å²) in [6.07, 6.45) is 5.84. The lowest BCUT2D eigenvalue weighted by atomic mass is 10.3. The minimum atomic E-state index is 0.618. The summed E-state index contributed by atoms with van der Waals surface area (Å²) in [6, 6.07) is 5.42. The van der Waals surface area contributed by atoms with Crippen LogP contribution in [-0.4, -0.2) is 0 Å². The number of para-hydroxylation sites is 1. The van der Waals surface area contributed by atoms with E-state index in [1.165, 1.54) is 0 Å². The number of benzene rings is 1. The minimum Gasteiger partial charge on any atom is -0.359 e. The third kappa shape index (κ3) is 3.61. The Kier molecular flexibility index (Phi) is 4.73. The summed E-state index contributed by atoms with van der Waals surface area (Å²) in [6.45, 7) is 3.97. The van der Waals surface area contributed by atoms with Crippen LogP contribution in [0.1, 0.15) is 13.8 Å². The van der Waals surface area contributed by atoms with Crippen LogP contribution in [-0.2, 0) is 0 Å². The van der Waals surface area contributed by atoms with Gasteiger partial charge in [-0.3, -0.25) is 0 Å². The molecule has 1 aromatic rings. The maximum absolute atomic E-state index is 6.00. The molecule has 15 heavy (non-hydrogen) atoms. The second-order valence-corrected chi connectivity index (χ2v) is 3.94. The van der Waals surface area contributed by atoms with Crippen molar-refractivity contribution < 1.29 is 0 Å². The van der Waals surface area contributed by atoms with Gasteiger partial charge in [-0.25, -0.2) is 0 Å². The smallest absolute Gasteiger partial charge is 0.0758 e. The monoisotopic (exact) mass is 241 g/mol. The zero-order valence-corrected chi connectivity index (χ0v) is 10.2. The van der Waals surface area contributed by atoms with Gasteiger partial charge in [0.15, 0.2) is 0 Å². The summed E-state index contributed by atoms with van der Waals surface area (Å²) < 4.78 is 0. The molecule has 0 saturated carbocycles. The number of hydrogen-bond donors (Lipinski definition) is 1. The Hall–Kier alpha value is -0.920. The largest absolute Gasteiger partial charge is 0.359 e. The number of nitrogens with one attached hydrogen (secondary N) is 1. The molecular formula is C12H13Cl2N. The number of allylic oxidation sites excluding steroid dienone is 3. The second kappa shape index (κ2) is 5.84. The molecule has 0 unspecified atom stereocenters. The predicted molar refractivity (Wildman–Crippen MR) is 68.7 cm³/mol. The van der Waals surface area contributed by atoms with Crippen LogP contribution in [0.15, 0.2) is 42.1 Å². The van der Waals surface area contributed by atoms with E-state index in [-0.39, 0.29) is 0 Å². The van der Waals surface area contributed by atoms with E-state index in [4.69, 9.17) is 23.2 Å². The van der Waals surface area contributed by atoms with E-state index < -0.39 is 0 Å². The highest BCUT2D eigenvalue weighted by molar-refractivity contribution is 6.39. The van der Waals surface area contributed by atoms with Crippen molar-refractivity contribution in [3.05, 3.63) is 52.2 Å². The summed E-state index contributed by atoms with van der Waals surface area (Å²) in [4.78, 5) is 0. The van der Waals surface area contributed by atoms with Gasteiger partial charge in [0.25, 0.3) is 0 Å². The molecule has 0 fully saturated rings. The Balaban J connectivity index is 2.86. The fourth-order valence-corrected chi connectivity index (χ4v) is 1.64. The molecule has 0 aliphatic rings. The van der Waals surface area contributed by atoms with Gasteiger partial charge in [0, 0.05) is 6.20 Å². The molecule has 0 aliphatic carbocycles. The molecule has 0 aromatic heterocycles. The van der Waals surface area contributed by atoms with Crippen molar-refractivity contribution in [2.24, 2.45) is 0 Å². The summed E-state index contributed by atoms with van der Waals surface area (Å²) in [5.74, 6) is 0. The highest BCUT2D eigenvalue weighted by Crippen LogP contribution is 2.29. The van der Waals surface area contributed by atoms with Crippen molar-refractivity contribution in [2.75, 3.05) is 5.32 Å². The van der Waals surface area contributed by atoms with Gasteiger partial charge >= 0.3 is 0 Å². The lowest BCUT2D eigenvalue weighted by Gasteiger charge is -2.06. The third-order valence-electron chi connectivity index (χ3n) is 1.84. The van der Waals surface area contributed by atoms with Crippen LogP contribution in [0.4, 0.5) is 5.69 Å². The molecule has 0 radical (unpaired) electrons. The van der Waals surface area contributed by atoms with E-state index >= 15 is 0 Å². The van der Waals surface area contributed by atoms with Crippen LogP contribution >= 0.6 is 23.2 Å². The van der Waals surface area contributed by atoms with Gasteiger partial charge in [-0.05, 0) is 31.6 Å². The van der Waals surface area contributed by atoms with Crippen molar-refractivity contribution in [1.82, 2.24) is 0 Å². The molecule has 0 saturated heterocycles. The molecule has 0 bridgehead atoms. The van der Waals surface area contributed by atoms with Gasteiger partial charge in [-0.1, -0.05) is 41.4 Å². The van der Waals surface area contributed by atoms with Crippen molar-refractivity contribution in [3.8, 4) is 0 Å². The summed E-state index contributed by atoms with van der Waals surface area (Å²) in [5, 5.41) is 4.32. The molecule has 1 rings (SSSR count). The molecule has 1 nitrogen and oxygen atoms in total. The fourth-order valence-electron chi connectivity index (χ4n) is 1.13. The van der Waals surface area contributed by atoms with Crippen LogP contribution in [0, 0.1) is 0 Å². The van der Waals surface area contributed by atoms with E-state index in [9.17, 15) is 0 Å². The van der Waals surface area contributed by atoms with E-state index in [1.54, 1.807) is 12.1 Å². The number of halogens is 2. The van der Waals surface area contributed by atoms with Crippen molar-refractivity contribution in [1.29, 1.82) is 0 Å². The van der Waals surface area contributed by atoms with Gasteiger partial charge in [0.05, 0.1) is 15.7 Å². The average Bonchev–Trinajstić information content (AvgIpc) is 2.17. The van der Waals surface area contributed by atoms with Gasteiger partial charge in [0.1, 0.15) is 0 Å². The highest BCUT2D eigenvalue weighted by atomic mass is 35.5. The summed E-state index contributed by atoms with van der Waals surface area (Å²) in [5.41, 5.74) is 1.85. The molecular weight excluding hydrogens is 229 g/mol.